The van der Waals surface area contributed by atoms with Crippen molar-refractivity contribution in [3.8, 4) is 0 Å². The molecule has 1 rings (SSSR count). The van der Waals surface area contributed by atoms with Gasteiger partial charge in [-0.2, -0.15) is 0 Å². The van der Waals surface area contributed by atoms with Crippen LogP contribution in [0.1, 0.15) is 12.8 Å². The number of sulfonamides is 1. The largest absolute Gasteiger partial charge is 0.383 e. The Kier molecular flexibility index (Phi) is 4.80. The van der Waals surface area contributed by atoms with Gasteiger partial charge in [0, 0.05) is 19.7 Å². The van der Waals surface area contributed by atoms with Gasteiger partial charge in [0.05, 0.1) is 12.4 Å². The third-order valence-corrected chi connectivity index (χ3v) is 3.70. The molecule has 0 aliphatic carbocycles. The summed E-state index contributed by atoms with van der Waals surface area (Å²) in [4.78, 5) is 0. The van der Waals surface area contributed by atoms with Crippen molar-refractivity contribution in [2.75, 3.05) is 32.6 Å². The molecular formula is C8H18N2O3S. The topological polar surface area (TPSA) is 67.4 Å². The Labute approximate surface area is 85.3 Å². The van der Waals surface area contributed by atoms with Crippen molar-refractivity contribution in [2.24, 2.45) is 0 Å². The van der Waals surface area contributed by atoms with E-state index in [4.69, 9.17) is 4.74 Å². The highest BCUT2D eigenvalue weighted by Crippen LogP contribution is 2.06. The molecule has 1 saturated heterocycles. The van der Waals surface area contributed by atoms with E-state index in [0.717, 1.165) is 19.4 Å². The van der Waals surface area contributed by atoms with Gasteiger partial charge in [0.2, 0.25) is 10.0 Å². The van der Waals surface area contributed by atoms with Crippen LogP contribution in [-0.4, -0.2) is 47.0 Å². The third-order valence-electron chi connectivity index (χ3n) is 2.21. The van der Waals surface area contributed by atoms with E-state index in [1.165, 1.54) is 0 Å². The van der Waals surface area contributed by atoms with E-state index >= 15 is 0 Å². The normalized spacial score (nSPS) is 22.8. The highest BCUT2D eigenvalue weighted by molar-refractivity contribution is 7.89. The summed E-state index contributed by atoms with van der Waals surface area (Å²) >= 11 is 0. The molecule has 14 heavy (non-hydrogen) atoms. The number of hydrogen-bond acceptors (Lipinski definition) is 4. The summed E-state index contributed by atoms with van der Waals surface area (Å²) in [5, 5.41) is 3.15. The van der Waals surface area contributed by atoms with Crippen molar-refractivity contribution in [3.63, 3.8) is 0 Å². The minimum Gasteiger partial charge on any atom is -0.383 e. The number of hydrogen-bond donors (Lipinski definition) is 2. The third kappa shape index (κ3) is 4.36. The van der Waals surface area contributed by atoms with E-state index in [1.807, 2.05) is 0 Å². The van der Waals surface area contributed by atoms with Crippen molar-refractivity contribution < 1.29 is 13.2 Å². The highest BCUT2D eigenvalue weighted by atomic mass is 32.2. The molecule has 0 aromatic rings. The second-order valence-corrected chi connectivity index (χ2v) is 5.31. The lowest BCUT2D eigenvalue weighted by molar-refractivity contribution is 0.204. The maximum atomic E-state index is 11.5. The van der Waals surface area contributed by atoms with Gasteiger partial charge in [0.15, 0.2) is 0 Å². The Bertz CT molecular complexity index is 247. The summed E-state index contributed by atoms with van der Waals surface area (Å²) in [6.45, 7) is 1.70. The number of ether oxygens (including phenoxy) is 1. The van der Waals surface area contributed by atoms with E-state index in [9.17, 15) is 8.42 Å². The molecule has 0 radical (unpaired) electrons. The molecule has 5 nitrogen and oxygen atoms in total. The predicted octanol–water partition coefficient (Wildman–Crippen LogP) is -0.696. The average molecular weight is 222 g/mol. The Balaban J connectivity index is 2.26. The fraction of sp³-hybridized carbons (Fsp3) is 1.00. The molecule has 0 bridgehead atoms. The SMILES string of the molecule is COCCNS(=O)(=O)CC1CCCN1. The number of nitrogens with one attached hydrogen (secondary N) is 2. The van der Waals surface area contributed by atoms with Gasteiger partial charge < -0.3 is 10.1 Å². The lowest BCUT2D eigenvalue weighted by Crippen LogP contribution is -2.37. The van der Waals surface area contributed by atoms with Crippen molar-refractivity contribution in [3.05, 3.63) is 0 Å². The average Bonchev–Trinajstić information content (AvgIpc) is 2.56. The molecule has 6 heteroatoms. The van der Waals surface area contributed by atoms with Crippen molar-refractivity contribution in [2.45, 2.75) is 18.9 Å². The van der Waals surface area contributed by atoms with E-state index in [-0.39, 0.29) is 11.8 Å². The number of methoxy groups -OCH3 is 1. The predicted molar refractivity (Wildman–Crippen MR) is 54.7 cm³/mol. The fourth-order valence-corrected chi connectivity index (χ4v) is 2.85. The molecule has 1 atom stereocenters. The van der Waals surface area contributed by atoms with Crippen molar-refractivity contribution in [1.29, 1.82) is 0 Å². The van der Waals surface area contributed by atoms with Crippen LogP contribution in [0.5, 0.6) is 0 Å². The molecule has 0 amide bonds. The van der Waals surface area contributed by atoms with Crippen LogP contribution in [0.25, 0.3) is 0 Å². The maximum Gasteiger partial charge on any atom is 0.213 e. The van der Waals surface area contributed by atoms with Crippen LogP contribution < -0.4 is 10.0 Å². The zero-order valence-electron chi connectivity index (χ0n) is 8.45. The monoisotopic (exact) mass is 222 g/mol. The van der Waals surface area contributed by atoms with Gasteiger partial charge in [-0.1, -0.05) is 0 Å². The van der Waals surface area contributed by atoms with Crippen LogP contribution in [-0.2, 0) is 14.8 Å². The van der Waals surface area contributed by atoms with Crippen LogP contribution in [0, 0.1) is 0 Å². The summed E-state index contributed by atoms with van der Waals surface area (Å²) in [6, 6.07) is 0.120. The molecule has 1 unspecified atom stereocenters. The van der Waals surface area contributed by atoms with Gasteiger partial charge in [-0.25, -0.2) is 13.1 Å². The van der Waals surface area contributed by atoms with Gasteiger partial charge in [-0.05, 0) is 19.4 Å². The minimum atomic E-state index is -3.13. The maximum absolute atomic E-state index is 11.5. The smallest absolute Gasteiger partial charge is 0.213 e. The first kappa shape index (κ1) is 11.9. The standard InChI is InChI=1S/C8H18N2O3S/c1-13-6-5-10-14(11,12)7-8-3-2-4-9-8/h8-10H,2-7H2,1H3. The van der Waals surface area contributed by atoms with Gasteiger partial charge in [-0.3, -0.25) is 0 Å². The van der Waals surface area contributed by atoms with E-state index in [0.29, 0.717) is 13.2 Å². The summed E-state index contributed by atoms with van der Waals surface area (Å²) < 4.78 is 30.2. The molecule has 0 aromatic heterocycles. The van der Waals surface area contributed by atoms with Crippen LogP contribution in [0.15, 0.2) is 0 Å². The summed E-state index contributed by atoms with van der Waals surface area (Å²) in [6.07, 6.45) is 2.02. The van der Waals surface area contributed by atoms with Gasteiger partial charge in [-0.15, -0.1) is 0 Å². The van der Waals surface area contributed by atoms with Crippen LogP contribution >= 0.6 is 0 Å². The molecule has 1 aliphatic heterocycles. The van der Waals surface area contributed by atoms with Crippen molar-refractivity contribution in [1.82, 2.24) is 10.0 Å². The zero-order chi connectivity index (χ0) is 10.4. The molecule has 1 aliphatic rings. The molecule has 1 fully saturated rings. The molecule has 2 N–H and O–H groups in total. The fourth-order valence-electron chi connectivity index (χ4n) is 1.52. The van der Waals surface area contributed by atoms with Gasteiger partial charge >= 0.3 is 0 Å². The Morgan fingerprint density at radius 2 is 2.36 bits per heavy atom. The van der Waals surface area contributed by atoms with Crippen molar-refractivity contribution >= 4 is 10.0 Å². The first-order chi connectivity index (χ1) is 6.64. The Morgan fingerprint density at radius 3 is 2.93 bits per heavy atom. The van der Waals surface area contributed by atoms with E-state index < -0.39 is 10.0 Å². The molecule has 1 heterocycles. The van der Waals surface area contributed by atoms with Crippen LogP contribution in [0.3, 0.4) is 0 Å². The highest BCUT2D eigenvalue weighted by Gasteiger charge is 2.21. The Hall–Kier alpha value is -0.170. The van der Waals surface area contributed by atoms with E-state index in [1.54, 1.807) is 7.11 Å². The molecule has 0 aromatic carbocycles. The minimum absolute atomic E-state index is 0.120. The summed E-state index contributed by atoms with van der Waals surface area (Å²) in [5.74, 6) is 0.177. The zero-order valence-corrected chi connectivity index (χ0v) is 9.27. The molecule has 0 saturated carbocycles. The first-order valence-electron chi connectivity index (χ1n) is 4.84. The van der Waals surface area contributed by atoms with E-state index in [2.05, 4.69) is 10.0 Å². The Morgan fingerprint density at radius 1 is 1.57 bits per heavy atom. The van der Waals surface area contributed by atoms with Gasteiger partial charge in [0.25, 0.3) is 0 Å². The lowest BCUT2D eigenvalue weighted by Gasteiger charge is -2.11. The quantitative estimate of drug-likeness (QED) is 0.583. The summed E-state index contributed by atoms with van der Waals surface area (Å²) in [5.41, 5.74) is 0. The number of rotatable bonds is 6. The summed E-state index contributed by atoms with van der Waals surface area (Å²) in [7, 11) is -1.58. The lowest BCUT2D eigenvalue weighted by atomic mass is 10.3. The van der Waals surface area contributed by atoms with Crippen LogP contribution in [0.2, 0.25) is 0 Å². The van der Waals surface area contributed by atoms with Crippen LogP contribution in [0.4, 0.5) is 0 Å². The van der Waals surface area contributed by atoms with Gasteiger partial charge in [0.1, 0.15) is 0 Å². The molecule has 0 spiro atoms. The molecule has 84 valence electrons. The molecular weight excluding hydrogens is 204 g/mol. The second-order valence-electron chi connectivity index (χ2n) is 3.46. The second kappa shape index (κ2) is 5.65. The first-order valence-corrected chi connectivity index (χ1v) is 6.49.